The molecule has 1 amide bonds. The van der Waals surface area contributed by atoms with Crippen molar-refractivity contribution >= 4 is 17.3 Å². The van der Waals surface area contributed by atoms with Gasteiger partial charge in [-0.15, -0.1) is 0 Å². The summed E-state index contributed by atoms with van der Waals surface area (Å²) in [6.07, 6.45) is 0. The average molecular weight is 334 g/mol. The summed E-state index contributed by atoms with van der Waals surface area (Å²) in [5.74, 6) is -4.11. The largest absolute Gasteiger partial charge is 0.503 e. The van der Waals surface area contributed by atoms with Gasteiger partial charge >= 0.3 is 0 Å². The molecule has 1 fully saturated rings. The maximum atomic E-state index is 13.4. The Morgan fingerprint density at radius 1 is 1.12 bits per heavy atom. The molecule has 2 aromatic rings. The Morgan fingerprint density at radius 2 is 1.79 bits per heavy atom. The van der Waals surface area contributed by atoms with E-state index in [4.69, 9.17) is 9.84 Å². The van der Waals surface area contributed by atoms with E-state index in [0.29, 0.717) is 18.9 Å². The molecule has 0 aromatic heterocycles. The second kappa shape index (κ2) is 6.84. The highest BCUT2D eigenvalue weighted by Crippen LogP contribution is 2.24. The summed E-state index contributed by atoms with van der Waals surface area (Å²) in [6, 6.07) is 8.77. The molecule has 2 N–H and O–H groups in total. The normalized spacial score (nSPS) is 14.5. The molecule has 0 radical (unpaired) electrons. The number of halogens is 2. The van der Waals surface area contributed by atoms with Crippen LogP contribution >= 0.6 is 0 Å². The number of phenols is 1. The maximum absolute atomic E-state index is 13.4. The van der Waals surface area contributed by atoms with Crippen LogP contribution in [0.25, 0.3) is 0 Å². The highest BCUT2D eigenvalue weighted by molar-refractivity contribution is 6.04. The predicted molar refractivity (Wildman–Crippen MR) is 85.5 cm³/mol. The van der Waals surface area contributed by atoms with Crippen molar-refractivity contribution in [1.82, 2.24) is 0 Å². The first kappa shape index (κ1) is 16.2. The van der Waals surface area contributed by atoms with Crippen LogP contribution in [0.5, 0.6) is 5.75 Å². The Bertz CT molecular complexity index is 738. The molecular weight excluding hydrogens is 318 g/mol. The molecule has 1 heterocycles. The van der Waals surface area contributed by atoms with Crippen molar-refractivity contribution in [3.8, 4) is 5.75 Å². The number of hydrogen-bond acceptors (Lipinski definition) is 4. The van der Waals surface area contributed by atoms with E-state index in [1.54, 1.807) is 18.2 Å². The molecular formula is C17H16F2N2O3. The minimum Gasteiger partial charge on any atom is -0.503 e. The summed E-state index contributed by atoms with van der Waals surface area (Å²) in [7, 11) is 0. The first-order chi connectivity index (χ1) is 11.5. The van der Waals surface area contributed by atoms with Gasteiger partial charge in [-0.1, -0.05) is 6.07 Å². The van der Waals surface area contributed by atoms with Gasteiger partial charge in [0.2, 0.25) is 0 Å². The van der Waals surface area contributed by atoms with Gasteiger partial charge < -0.3 is 20.1 Å². The number of carbonyl (C=O) groups excluding carboxylic acids is 1. The van der Waals surface area contributed by atoms with E-state index >= 15 is 0 Å². The average Bonchev–Trinajstić information content (AvgIpc) is 2.60. The van der Waals surface area contributed by atoms with E-state index in [2.05, 4.69) is 10.2 Å². The van der Waals surface area contributed by atoms with Gasteiger partial charge in [0.05, 0.1) is 13.2 Å². The summed E-state index contributed by atoms with van der Waals surface area (Å²) in [5, 5.41) is 11.7. The van der Waals surface area contributed by atoms with Gasteiger partial charge in [-0.05, 0) is 30.3 Å². The van der Waals surface area contributed by atoms with Crippen LogP contribution in [0, 0.1) is 11.6 Å². The molecule has 24 heavy (non-hydrogen) atoms. The van der Waals surface area contributed by atoms with Crippen LogP contribution in [0.1, 0.15) is 10.4 Å². The van der Waals surface area contributed by atoms with Crippen LogP contribution < -0.4 is 10.2 Å². The minimum atomic E-state index is -1.18. The van der Waals surface area contributed by atoms with Crippen molar-refractivity contribution in [1.29, 1.82) is 0 Å². The molecule has 0 atom stereocenters. The fourth-order valence-electron chi connectivity index (χ4n) is 2.50. The number of hydrogen-bond donors (Lipinski definition) is 2. The van der Waals surface area contributed by atoms with Crippen molar-refractivity contribution in [2.75, 3.05) is 36.5 Å². The lowest BCUT2D eigenvalue weighted by Gasteiger charge is -2.29. The fraction of sp³-hybridized carbons (Fsp3) is 0.235. The number of nitrogens with zero attached hydrogens (tertiary/aromatic N) is 1. The molecule has 0 aliphatic carbocycles. The van der Waals surface area contributed by atoms with Crippen molar-refractivity contribution < 1.29 is 23.4 Å². The Labute approximate surface area is 137 Å². The van der Waals surface area contributed by atoms with E-state index in [1.807, 2.05) is 6.07 Å². The summed E-state index contributed by atoms with van der Waals surface area (Å²) in [6.45, 7) is 2.79. The molecule has 7 heteroatoms. The number of phenolic OH excluding ortho intramolecular Hbond substituents is 1. The van der Waals surface area contributed by atoms with Gasteiger partial charge in [0.15, 0.2) is 17.4 Å². The number of benzene rings is 2. The number of rotatable bonds is 3. The lowest BCUT2D eigenvalue weighted by atomic mass is 10.1. The number of anilines is 2. The van der Waals surface area contributed by atoms with Gasteiger partial charge in [0.1, 0.15) is 0 Å². The number of carbonyl (C=O) groups is 1. The topological polar surface area (TPSA) is 61.8 Å². The van der Waals surface area contributed by atoms with Crippen molar-refractivity contribution in [2.24, 2.45) is 0 Å². The molecule has 5 nitrogen and oxygen atoms in total. The van der Waals surface area contributed by atoms with Gasteiger partial charge in [0.25, 0.3) is 5.91 Å². The van der Waals surface area contributed by atoms with E-state index in [0.717, 1.165) is 30.9 Å². The monoisotopic (exact) mass is 334 g/mol. The second-order valence-corrected chi connectivity index (χ2v) is 5.39. The van der Waals surface area contributed by atoms with Crippen molar-refractivity contribution in [2.45, 2.75) is 0 Å². The summed E-state index contributed by atoms with van der Waals surface area (Å²) in [4.78, 5) is 14.3. The first-order valence-electron chi connectivity index (χ1n) is 7.47. The molecule has 0 bridgehead atoms. The Kier molecular flexibility index (Phi) is 4.61. The van der Waals surface area contributed by atoms with Crippen LogP contribution in [-0.4, -0.2) is 37.3 Å². The number of amides is 1. The molecule has 0 saturated carbocycles. The molecule has 1 aliphatic rings. The van der Waals surface area contributed by atoms with Crippen LogP contribution in [0.4, 0.5) is 20.2 Å². The lowest BCUT2D eigenvalue weighted by Crippen LogP contribution is -2.36. The van der Waals surface area contributed by atoms with Crippen LogP contribution in [0.15, 0.2) is 36.4 Å². The molecule has 1 saturated heterocycles. The van der Waals surface area contributed by atoms with E-state index in [-0.39, 0.29) is 5.56 Å². The third-order valence-corrected chi connectivity index (χ3v) is 3.76. The zero-order valence-corrected chi connectivity index (χ0v) is 12.8. The first-order valence-corrected chi connectivity index (χ1v) is 7.47. The molecule has 126 valence electrons. The van der Waals surface area contributed by atoms with Gasteiger partial charge in [-0.3, -0.25) is 4.79 Å². The predicted octanol–water partition coefficient (Wildman–Crippen LogP) is 2.76. The number of aromatic hydroxyl groups is 1. The number of morpholine rings is 1. The molecule has 1 aliphatic heterocycles. The van der Waals surface area contributed by atoms with E-state index < -0.39 is 23.3 Å². The Balaban J connectivity index is 1.77. The summed E-state index contributed by atoms with van der Waals surface area (Å²) >= 11 is 0. The van der Waals surface area contributed by atoms with Gasteiger partial charge in [-0.2, -0.15) is 0 Å². The highest BCUT2D eigenvalue weighted by atomic mass is 19.1. The second-order valence-electron chi connectivity index (χ2n) is 5.39. The van der Waals surface area contributed by atoms with Gasteiger partial charge in [0, 0.05) is 30.0 Å². The molecule has 2 aromatic carbocycles. The molecule has 0 spiro atoms. The quantitative estimate of drug-likeness (QED) is 0.906. The third-order valence-electron chi connectivity index (χ3n) is 3.76. The fourth-order valence-corrected chi connectivity index (χ4v) is 2.50. The van der Waals surface area contributed by atoms with Crippen LogP contribution in [0.3, 0.4) is 0 Å². The third kappa shape index (κ3) is 3.46. The zero-order valence-electron chi connectivity index (χ0n) is 12.8. The Hall–Kier alpha value is -2.67. The smallest absolute Gasteiger partial charge is 0.255 e. The maximum Gasteiger partial charge on any atom is 0.255 e. The standard InChI is InChI=1S/C17H16F2N2O3/c18-14-8-11(9-15(19)16(14)22)17(23)20-12-2-1-3-13(10-12)21-4-6-24-7-5-21/h1-3,8-10,22H,4-7H2,(H,20,23). The van der Waals surface area contributed by atoms with Crippen molar-refractivity contribution in [3.05, 3.63) is 53.6 Å². The molecule has 0 unspecified atom stereocenters. The van der Waals surface area contributed by atoms with Crippen molar-refractivity contribution in [3.63, 3.8) is 0 Å². The SMILES string of the molecule is O=C(Nc1cccc(N2CCOCC2)c1)c1cc(F)c(O)c(F)c1. The van der Waals surface area contributed by atoms with Gasteiger partial charge in [-0.25, -0.2) is 8.78 Å². The van der Waals surface area contributed by atoms with Crippen LogP contribution in [-0.2, 0) is 4.74 Å². The van der Waals surface area contributed by atoms with E-state index in [1.165, 1.54) is 0 Å². The summed E-state index contributed by atoms with van der Waals surface area (Å²) < 4.78 is 32.0. The lowest BCUT2D eigenvalue weighted by molar-refractivity contribution is 0.102. The number of nitrogens with one attached hydrogen (secondary N) is 1. The Morgan fingerprint density at radius 3 is 2.46 bits per heavy atom. The zero-order chi connectivity index (χ0) is 17.1. The molecule has 3 rings (SSSR count). The highest BCUT2D eigenvalue weighted by Gasteiger charge is 2.16. The minimum absolute atomic E-state index is 0.209. The van der Waals surface area contributed by atoms with E-state index in [9.17, 15) is 13.6 Å². The number of ether oxygens (including phenoxy) is 1. The van der Waals surface area contributed by atoms with Crippen LogP contribution in [0.2, 0.25) is 0 Å². The summed E-state index contributed by atoms with van der Waals surface area (Å²) in [5.41, 5.74) is 1.23.